The van der Waals surface area contributed by atoms with Crippen molar-refractivity contribution in [1.29, 1.82) is 0 Å². The van der Waals surface area contributed by atoms with Crippen molar-refractivity contribution in [2.45, 2.75) is 10.9 Å². The van der Waals surface area contributed by atoms with Crippen LogP contribution in [-0.2, 0) is 19.6 Å². The summed E-state index contributed by atoms with van der Waals surface area (Å²) in [4.78, 5) is 37.4. The molecule has 3 rings (SSSR count). The number of nitrogens with one attached hydrogen (secondary N) is 2. The molecule has 0 unspecified atom stereocenters. The lowest BCUT2D eigenvalue weighted by Crippen LogP contribution is -2.63. The zero-order valence-electron chi connectivity index (χ0n) is 13.2. The highest BCUT2D eigenvalue weighted by Crippen LogP contribution is 2.28. The number of sulfonamides is 1. The van der Waals surface area contributed by atoms with E-state index in [4.69, 9.17) is 23.2 Å². The van der Waals surface area contributed by atoms with Gasteiger partial charge in [-0.05, 0) is 12.1 Å². The Morgan fingerprint density at radius 2 is 1.85 bits per heavy atom. The molecule has 0 radical (unpaired) electrons. The van der Waals surface area contributed by atoms with Crippen LogP contribution in [0.2, 0.25) is 10.0 Å². The van der Waals surface area contributed by atoms with E-state index in [1.54, 1.807) is 0 Å². The molecule has 9 nitrogen and oxygen atoms in total. The van der Waals surface area contributed by atoms with E-state index < -0.39 is 34.5 Å². The fraction of sp³-hybridized carbons (Fsp3) is 0.357. The first-order valence-corrected chi connectivity index (χ1v) is 9.76. The molecule has 2 N–H and O–H groups in total. The minimum atomic E-state index is -4.07. The predicted octanol–water partition coefficient (Wildman–Crippen LogP) is 0.0343. The fourth-order valence-electron chi connectivity index (χ4n) is 2.71. The van der Waals surface area contributed by atoms with Crippen molar-refractivity contribution in [2.75, 3.05) is 26.2 Å². The van der Waals surface area contributed by atoms with Crippen molar-refractivity contribution in [2.24, 2.45) is 0 Å². The van der Waals surface area contributed by atoms with Gasteiger partial charge in [0.2, 0.25) is 21.8 Å². The van der Waals surface area contributed by atoms with Crippen LogP contribution in [-0.4, -0.2) is 68.3 Å². The van der Waals surface area contributed by atoms with Gasteiger partial charge in [-0.1, -0.05) is 29.3 Å². The number of rotatable bonds is 5. The maximum atomic E-state index is 12.3. The van der Waals surface area contributed by atoms with Gasteiger partial charge in [0, 0.05) is 13.1 Å². The molecule has 0 aliphatic carbocycles. The smallest absolute Gasteiger partial charge is 0.324 e. The van der Waals surface area contributed by atoms with E-state index in [9.17, 15) is 22.8 Å². The number of likely N-dealkylation sites (tertiary alicyclic amines) is 1. The fourth-order valence-corrected chi connectivity index (χ4v) is 4.82. The summed E-state index contributed by atoms with van der Waals surface area (Å²) >= 11 is 11.8. The molecule has 0 atom stereocenters. The van der Waals surface area contributed by atoms with Crippen molar-refractivity contribution in [3.05, 3.63) is 28.2 Å². The summed E-state index contributed by atoms with van der Waals surface area (Å²) in [5.74, 6) is -0.832. The first-order valence-electron chi connectivity index (χ1n) is 7.52. The lowest BCUT2D eigenvalue weighted by atomic mass is 10.1. The Kier molecular flexibility index (Phi) is 5.11. The Morgan fingerprint density at radius 3 is 2.38 bits per heavy atom. The van der Waals surface area contributed by atoms with Crippen molar-refractivity contribution in [3.63, 3.8) is 0 Å². The summed E-state index contributed by atoms with van der Waals surface area (Å²) in [5.41, 5.74) is 0. The summed E-state index contributed by atoms with van der Waals surface area (Å²) in [6.07, 6.45) is 0. The molecule has 2 aliphatic heterocycles. The molecule has 2 fully saturated rings. The first kappa shape index (κ1) is 18.9. The molecule has 2 aliphatic rings. The van der Waals surface area contributed by atoms with Gasteiger partial charge in [0.25, 0.3) is 0 Å². The molecule has 26 heavy (non-hydrogen) atoms. The molecule has 0 aromatic heterocycles. The van der Waals surface area contributed by atoms with Gasteiger partial charge in [0.05, 0.1) is 29.2 Å². The Bertz CT molecular complexity index is 849. The Labute approximate surface area is 159 Å². The van der Waals surface area contributed by atoms with Crippen LogP contribution in [0.5, 0.6) is 0 Å². The summed E-state index contributed by atoms with van der Waals surface area (Å²) < 4.78 is 26.8. The predicted molar refractivity (Wildman–Crippen MR) is 92.3 cm³/mol. The zero-order chi connectivity index (χ0) is 19.1. The summed E-state index contributed by atoms with van der Waals surface area (Å²) in [5, 5.41) is 2.29. The Morgan fingerprint density at radius 1 is 1.23 bits per heavy atom. The maximum Gasteiger partial charge on any atom is 0.324 e. The van der Waals surface area contributed by atoms with Gasteiger partial charge in [0.1, 0.15) is 4.90 Å². The number of urea groups is 1. The second-order valence-electron chi connectivity index (χ2n) is 5.75. The molecule has 2 saturated heterocycles. The van der Waals surface area contributed by atoms with Crippen molar-refractivity contribution in [3.8, 4) is 0 Å². The minimum absolute atomic E-state index is 0.0539. The molecular weight excluding hydrogens is 407 g/mol. The average Bonchev–Trinajstić information content (AvgIpc) is 2.83. The number of hydrogen-bond acceptors (Lipinski definition) is 5. The molecule has 12 heteroatoms. The van der Waals surface area contributed by atoms with Crippen LogP contribution in [0.15, 0.2) is 23.1 Å². The van der Waals surface area contributed by atoms with Crippen LogP contribution in [0, 0.1) is 0 Å². The molecule has 140 valence electrons. The topological polar surface area (TPSA) is 116 Å². The van der Waals surface area contributed by atoms with Crippen molar-refractivity contribution in [1.82, 2.24) is 19.8 Å². The van der Waals surface area contributed by atoms with Crippen LogP contribution < -0.4 is 10.0 Å². The third-order valence-electron chi connectivity index (χ3n) is 4.06. The van der Waals surface area contributed by atoms with Crippen molar-refractivity contribution < 1.29 is 22.8 Å². The summed E-state index contributed by atoms with van der Waals surface area (Å²) in [7, 11) is -4.07. The van der Waals surface area contributed by atoms with Gasteiger partial charge < -0.3 is 10.2 Å². The Hall–Kier alpha value is -1.88. The number of hydrogen-bond donors (Lipinski definition) is 2. The van der Waals surface area contributed by atoms with Crippen LogP contribution in [0.25, 0.3) is 0 Å². The van der Waals surface area contributed by atoms with E-state index in [-0.39, 0.29) is 40.5 Å². The SMILES string of the molecule is O=C(CNS(=O)(=O)c1c(Cl)cccc1Cl)N1CC(N2C(=O)CNC2=O)C1. The highest BCUT2D eigenvalue weighted by Gasteiger charge is 2.42. The van der Waals surface area contributed by atoms with E-state index in [1.807, 2.05) is 0 Å². The molecule has 0 bridgehead atoms. The standard InChI is InChI=1S/C14H14Cl2N4O5S/c15-9-2-1-3-10(16)13(9)26(24,25)18-5-11(21)19-6-8(7-19)20-12(22)4-17-14(20)23/h1-3,8,18H,4-7H2,(H,17,23). The van der Waals surface area contributed by atoms with E-state index in [0.717, 1.165) is 4.90 Å². The number of imide groups is 1. The number of carbonyl (C=O) groups is 3. The zero-order valence-corrected chi connectivity index (χ0v) is 15.6. The third kappa shape index (κ3) is 3.50. The van der Waals surface area contributed by atoms with E-state index in [0.29, 0.717) is 0 Å². The molecule has 0 spiro atoms. The lowest BCUT2D eigenvalue weighted by Gasteiger charge is -2.42. The molecule has 1 aromatic rings. The largest absolute Gasteiger partial charge is 0.337 e. The van der Waals surface area contributed by atoms with Gasteiger partial charge in [0.15, 0.2) is 0 Å². The highest BCUT2D eigenvalue weighted by molar-refractivity contribution is 7.89. The van der Waals surface area contributed by atoms with Crippen LogP contribution in [0.4, 0.5) is 4.79 Å². The van der Waals surface area contributed by atoms with Crippen molar-refractivity contribution >= 4 is 51.1 Å². The second-order valence-corrected chi connectivity index (χ2v) is 8.27. The molecule has 1 aromatic carbocycles. The van der Waals surface area contributed by atoms with Gasteiger partial charge in [-0.15, -0.1) is 0 Å². The molecular formula is C14H14Cl2N4O5S. The van der Waals surface area contributed by atoms with E-state index >= 15 is 0 Å². The highest BCUT2D eigenvalue weighted by atomic mass is 35.5. The van der Waals surface area contributed by atoms with Gasteiger partial charge >= 0.3 is 6.03 Å². The van der Waals surface area contributed by atoms with Gasteiger partial charge in [-0.3, -0.25) is 14.5 Å². The number of nitrogens with zero attached hydrogens (tertiary/aromatic N) is 2. The van der Waals surface area contributed by atoms with Crippen LogP contribution in [0.3, 0.4) is 0 Å². The maximum absolute atomic E-state index is 12.3. The second kappa shape index (κ2) is 7.03. The summed E-state index contributed by atoms with van der Waals surface area (Å²) in [6.45, 7) is -0.225. The van der Waals surface area contributed by atoms with E-state index in [2.05, 4.69) is 10.0 Å². The summed E-state index contributed by atoms with van der Waals surface area (Å²) in [6, 6.07) is 3.37. The lowest BCUT2D eigenvalue weighted by molar-refractivity contribution is -0.141. The first-order chi connectivity index (χ1) is 12.2. The number of amides is 4. The normalized spacial score (nSPS) is 18.1. The number of benzene rings is 1. The van der Waals surface area contributed by atoms with Crippen LogP contribution >= 0.6 is 23.2 Å². The molecule has 4 amide bonds. The third-order valence-corrected chi connectivity index (χ3v) is 6.42. The number of carbonyl (C=O) groups excluding carboxylic acids is 3. The number of halogens is 2. The van der Waals surface area contributed by atoms with E-state index in [1.165, 1.54) is 23.1 Å². The van der Waals surface area contributed by atoms with Gasteiger partial charge in [-0.2, -0.15) is 0 Å². The monoisotopic (exact) mass is 420 g/mol. The van der Waals surface area contributed by atoms with Gasteiger partial charge in [-0.25, -0.2) is 17.9 Å². The Balaban J connectivity index is 1.57. The molecule has 2 heterocycles. The molecule has 0 saturated carbocycles. The van der Waals surface area contributed by atoms with Crippen LogP contribution in [0.1, 0.15) is 0 Å². The average molecular weight is 421 g/mol. The quantitative estimate of drug-likeness (QED) is 0.652. The minimum Gasteiger partial charge on any atom is -0.337 e.